The second-order valence-corrected chi connectivity index (χ2v) is 8.36. The molecule has 1 aliphatic heterocycles. The molecule has 2 heterocycles. The zero-order valence-corrected chi connectivity index (χ0v) is 19.5. The summed E-state index contributed by atoms with van der Waals surface area (Å²) in [7, 11) is 0. The van der Waals surface area contributed by atoms with Crippen molar-refractivity contribution in [1.82, 2.24) is 9.97 Å². The van der Waals surface area contributed by atoms with Crippen molar-refractivity contribution in [2.45, 2.75) is 6.04 Å². The molecule has 0 saturated heterocycles. The van der Waals surface area contributed by atoms with E-state index in [1.54, 1.807) is 18.3 Å². The molecule has 4 aromatic rings. The number of hydrogen-bond acceptors (Lipinski definition) is 6. The van der Waals surface area contributed by atoms with Gasteiger partial charge in [0.1, 0.15) is 17.4 Å². The maximum absolute atomic E-state index is 9.81. The third-order valence-corrected chi connectivity index (χ3v) is 5.87. The number of fused-ring (bicyclic) bond motifs is 1. The molecule has 4 N–H and O–H groups in total. The van der Waals surface area contributed by atoms with Gasteiger partial charge in [-0.1, -0.05) is 60.7 Å². The highest BCUT2D eigenvalue weighted by atomic mass is 32.1. The first-order valence-electron chi connectivity index (χ1n) is 10.5. The number of aromatic nitrogens is 2. The lowest BCUT2D eigenvalue weighted by Crippen LogP contribution is -2.43. The van der Waals surface area contributed by atoms with Crippen molar-refractivity contribution < 1.29 is 5.11 Å². The van der Waals surface area contributed by atoms with Gasteiger partial charge < -0.3 is 20.3 Å². The molecule has 1 aromatic heterocycles. The number of aromatic amines is 1. The topological polar surface area (TPSA) is 88.6 Å². The maximum atomic E-state index is 9.81. The molecule has 1 aliphatic rings. The summed E-state index contributed by atoms with van der Waals surface area (Å²) >= 11 is 11.1. The van der Waals surface area contributed by atoms with E-state index in [1.165, 1.54) is 0 Å². The van der Waals surface area contributed by atoms with Crippen molar-refractivity contribution in [2.24, 2.45) is 5.10 Å². The minimum atomic E-state index is -0.330. The molecule has 0 spiro atoms. The molecule has 168 valence electrons. The molecule has 5 rings (SSSR count). The second-order valence-electron chi connectivity index (χ2n) is 7.59. The number of anilines is 3. The lowest BCUT2D eigenvalue weighted by molar-refractivity contribution is 0.475. The van der Waals surface area contributed by atoms with Gasteiger partial charge in [-0.25, -0.2) is 4.98 Å². The number of hydrogen-bond donors (Lipinski definition) is 4. The third-order valence-electron chi connectivity index (χ3n) is 5.38. The van der Waals surface area contributed by atoms with Gasteiger partial charge in [0.2, 0.25) is 0 Å². The molecule has 0 aliphatic carbocycles. The van der Waals surface area contributed by atoms with Crippen LogP contribution < -0.4 is 15.6 Å². The van der Waals surface area contributed by atoms with Crippen LogP contribution in [0.15, 0.2) is 90.0 Å². The molecule has 0 fully saturated rings. The zero-order chi connectivity index (χ0) is 23.5. The van der Waals surface area contributed by atoms with Gasteiger partial charge in [-0.2, -0.15) is 5.10 Å². The van der Waals surface area contributed by atoms with Crippen LogP contribution in [-0.4, -0.2) is 26.4 Å². The monoisotopic (exact) mass is 484 g/mol. The van der Waals surface area contributed by atoms with Gasteiger partial charge in [0.15, 0.2) is 9.88 Å². The number of phenols is 1. The Hall–Kier alpha value is -4.08. The molecular weight excluding hydrogens is 464 g/mol. The van der Waals surface area contributed by atoms with E-state index >= 15 is 0 Å². The third kappa shape index (κ3) is 4.39. The van der Waals surface area contributed by atoms with Crippen molar-refractivity contribution in [2.75, 3.05) is 15.6 Å². The predicted octanol–water partition coefficient (Wildman–Crippen LogP) is 5.60. The number of H-pyrrole nitrogens is 1. The first-order valence-corrected chi connectivity index (χ1v) is 11.3. The van der Waals surface area contributed by atoms with E-state index in [0.717, 1.165) is 22.4 Å². The van der Waals surface area contributed by atoms with E-state index in [9.17, 15) is 5.11 Å². The van der Waals surface area contributed by atoms with Crippen LogP contribution in [-0.2, 0) is 0 Å². The lowest BCUT2D eigenvalue weighted by Gasteiger charge is -2.39. The van der Waals surface area contributed by atoms with Crippen LogP contribution in [0, 0.1) is 4.77 Å². The second kappa shape index (κ2) is 9.42. The number of phenolic OH excluding ortho intramolecular Hbond substituents is 1. The molecule has 0 radical (unpaired) electrons. The number of aromatic hydroxyl groups is 1. The van der Waals surface area contributed by atoms with E-state index < -0.39 is 0 Å². The number of nitrogens with zero attached hydrogens (tertiary/aromatic N) is 3. The molecule has 7 nitrogen and oxygen atoms in total. The largest absolute Gasteiger partial charge is 0.508 e. The average molecular weight is 485 g/mol. The number of hydrazone groups is 1. The van der Waals surface area contributed by atoms with Gasteiger partial charge in [-0.3, -0.25) is 5.43 Å². The van der Waals surface area contributed by atoms with Crippen LogP contribution >= 0.6 is 24.4 Å². The maximum Gasteiger partial charge on any atom is 0.200 e. The van der Waals surface area contributed by atoms with Gasteiger partial charge in [0.25, 0.3) is 0 Å². The number of benzene rings is 3. The first-order chi connectivity index (χ1) is 16.6. The quantitative estimate of drug-likeness (QED) is 0.167. The van der Waals surface area contributed by atoms with Crippen LogP contribution in [0.5, 0.6) is 5.75 Å². The minimum Gasteiger partial charge on any atom is -0.508 e. The summed E-state index contributed by atoms with van der Waals surface area (Å²) < 4.78 is 0.302. The fourth-order valence-electron chi connectivity index (χ4n) is 3.88. The Bertz CT molecular complexity index is 1410. The van der Waals surface area contributed by atoms with Crippen LogP contribution in [0.3, 0.4) is 0 Å². The molecule has 1 atom stereocenters. The standard InChI is InChI=1S/C25H20N6OS2/c32-19-13-11-18(12-14-19)31-21(17-9-5-2-6-10-17)20-22(29-25(31)34)27-24(33)28-23(20)30-26-15-16-7-3-1-4-8-16/h1-15,21,32H,(H3,27,28,29,30,33,34)/b26-15+. The molecule has 1 unspecified atom stereocenters. The van der Waals surface area contributed by atoms with Crippen molar-refractivity contribution in [3.63, 3.8) is 0 Å². The van der Waals surface area contributed by atoms with E-state index in [2.05, 4.69) is 25.8 Å². The Morgan fingerprint density at radius 3 is 2.32 bits per heavy atom. The Morgan fingerprint density at radius 2 is 1.62 bits per heavy atom. The van der Waals surface area contributed by atoms with Gasteiger partial charge in [0.05, 0.1) is 17.8 Å². The van der Waals surface area contributed by atoms with E-state index in [1.807, 2.05) is 77.7 Å². The summed E-state index contributed by atoms with van der Waals surface area (Å²) in [5.74, 6) is 1.35. The van der Waals surface area contributed by atoms with Gasteiger partial charge in [-0.05, 0) is 59.8 Å². The van der Waals surface area contributed by atoms with Crippen LogP contribution in [0.1, 0.15) is 22.7 Å². The molecular formula is C25H20N6OS2. The van der Waals surface area contributed by atoms with E-state index in [-0.39, 0.29) is 11.8 Å². The molecule has 0 bridgehead atoms. The minimum absolute atomic E-state index is 0.180. The first kappa shape index (κ1) is 21.7. The fraction of sp³-hybridized carbons (Fsp3) is 0.0400. The van der Waals surface area contributed by atoms with Crippen molar-refractivity contribution in [3.8, 4) is 5.75 Å². The highest BCUT2D eigenvalue weighted by Crippen LogP contribution is 2.42. The zero-order valence-electron chi connectivity index (χ0n) is 17.8. The SMILES string of the molecule is Oc1ccc(N2C(=S)Nc3nc(=S)[nH]c(N/N=C/c4ccccc4)c3C2c2ccccc2)cc1. The molecule has 0 amide bonds. The fourth-order valence-corrected chi connectivity index (χ4v) is 4.38. The Balaban J connectivity index is 1.64. The number of nitrogens with one attached hydrogen (secondary N) is 3. The summed E-state index contributed by atoms with van der Waals surface area (Å²) in [4.78, 5) is 9.64. The van der Waals surface area contributed by atoms with Crippen molar-refractivity contribution in [1.29, 1.82) is 0 Å². The van der Waals surface area contributed by atoms with Crippen molar-refractivity contribution in [3.05, 3.63) is 106 Å². The smallest absolute Gasteiger partial charge is 0.200 e. The van der Waals surface area contributed by atoms with Gasteiger partial charge in [-0.15, -0.1) is 0 Å². The normalized spacial score (nSPS) is 15.1. The Morgan fingerprint density at radius 1 is 0.941 bits per heavy atom. The Labute approximate surface area is 206 Å². The highest BCUT2D eigenvalue weighted by Gasteiger charge is 2.36. The van der Waals surface area contributed by atoms with Crippen molar-refractivity contribution >= 4 is 53.1 Å². The average Bonchev–Trinajstić information content (AvgIpc) is 2.85. The van der Waals surface area contributed by atoms with Crippen LogP contribution in [0.4, 0.5) is 17.3 Å². The molecule has 34 heavy (non-hydrogen) atoms. The molecule has 3 aromatic carbocycles. The van der Waals surface area contributed by atoms with E-state index in [4.69, 9.17) is 24.4 Å². The summed E-state index contributed by atoms with van der Waals surface area (Å²) in [6.07, 6.45) is 1.74. The van der Waals surface area contributed by atoms with Gasteiger partial charge >= 0.3 is 0 Å². The number of rotatable bonds is 5. The summed E-state index contributed by atoms with van der Waals surface area (Å²) in [5, 5.41) is 17.9. The van der Waals surface area contributed by atoms with Crippen LogP contribution in [0.25, 0.3) is 0 Å². The lowest BCUT2D eigenvalue weighted by atomic mass is 9.95. The predicted molar refractivity (Wildman–Crippen MR) is 142 cm³/mol. The van der Waals surface area contributed by atoms with Gasteiger partial charge in [0, 0.05) is 5.69 Å². The number of thiocarbonyl (C=S) groups is 1. The summed E-state index contributed by atoms with van der Waals surface area (Å²) in [6, 6.07) is 26.4. The van der Waals surface area contributed by atoms with Crippen LogP contribution in [0.2, 0.25) is 0 Å². The summed E-state index contributed by atoms with van der Waals surface area (Å²) in [5.41, 5.74) is 6.70. The Kier molecular flexibility index (Phi) is 6.03. The molecule has 0 saturated carbocycles. The highest BCUT2D eigenvalue weighted by molar-refractivity contribution is 7.80. The van der Waals surface area contributed by atoms with E-state index in [0.29, 0.717) is 21.5 Å². The molecule has 9 heteroatoms. The summed E-state index contributed by atoms with van der Waals surface area (Å²) in [6.45, 7) is 0.